The number of benzene rings is 2. The zero-order valence-corrected chi connectivity index (χ0v) is 13.1. The molecule has 2 aromatic carbocycles. The second kappa shape index (κ2) is 6.22. The predicted octanol–water partition coefficient (Wildman–Crippen LogP) is 3.46. The average molecular weight is 295 g/mol. The van der Waals surface area contributed by atoms with Crippen LogP contribution in [-0.4, -0.2) is 19.6 Å². The molecule has 114 valence electrons. The summed E-state index contributed by atoms with van der Waals surface area (Å²) in [5.41, 5.74) is 3.52. The van der Waals surface area contributed by atoms with Gasteiger partial charge in [-0.25, -0.2) is 0 Å². The molecular weight excluding hydrogens is 274 g/mol. The normalized spacial score (nSPS) is 16.5. The standard InChI is InChI=1S/C19H21NO2/c1-14(21)20(2)18-9-7-15(8-10-18)11-16-12-17-5-3-4-6-19(17)22-13-16/h3-10,16H,11-13H2,1-2H3/t16-/m1/s1. The fourth-order valence-electron chi connectivity index (χ4n) is 2.89. The fourth-order valence-corrected chi connectivity index (χ4v) is 2.89. The molecule has 0 aromatic heterocycles. The molecule has 3 nitrogen and oxygen atoms in total. The van der Waals surface area contributed by atoms with Gasteiger partial charge in [-0.1, -0.05) is 30.3 Å². The van der Waals surface area contributed by atoms with Gasteiger partial charge in [0.05, 0.1) is 6.61 Å². The van der Waals surface area contributed by atoms with Crippen LogP contribution < -0.4 is 9.64 Å². The molecule has 0 saturated heterocycles. The third-order valence-electron chi connectivity index (χ3n) is 4.28. The van der Waals surface area contributed by atoms with Crippen molar-refractivity contribution in [3.05, 3.63) is 59.7 Å². The van der Waals surface area contributed by atoms with Crippen LogP contribution in [-0.2, 0) is 17.6 Å². The topological polar surface area (TPSA) is 29.5 Å². The smallest absolute Gasteiger partial charge is 0.223 e. The van der Waals surface area contributed by atoms with Crippen molar-refractivity contribution in [3.8, 4) is 5.75 Å². The highest BCUT2D eigenvalue weighted by Crippen LogP contribution is 2.28. The van der Waals surface area contributed by atoms with Gasteiger partial charge in [-0.15, -0.1) is 0 Å². The van der Waals surface area contributed by atoms with Crippen LogP contribution in [0.2, 0.25) is 0 Å². The summed E-state index contributed by atoms with van der Waals surface area (Å²) in [4.78, 5) is 13.0. The first-order chi connectivity index (χ1) is 10.6. The largest absolute Gasteiger partial charge is 0.493 e. The lowest BCUT2D eigenvalue weighted by Crippen LogP contribution is -2.23. The lowest BCUT2D eigenvalue weighted by atomic mass is 9.91. The Bertz CT molecular complexity index is 663. The molecule has 1 atom stereocenters. The molecule has 0 N–H and O–H groups in total. The molecule has 0 bridgehead atoms. The maximum atomic E-state index is 11.4. The number of carbonyl (C=O) groups excluding carboxylic acids is 1. The molecule has 3 heteroatoms. The van der Waals surface area contributed by atoms with E-state index in [2.05, 4.69) is 24.3 Å². The van der Waals surface area contributed by atoms with Gasteiger partial charge in [0.1, 0.15) is 5.75 Å². The number of hydrogen-bond donors (Lipinski definition) is 0. The third kappa shape index (κ3) is 3.14. The van der Waals surface area contributed by atoms with E-state index in [1.54, 1.807) is 18.9 Å². The molecule has 1 amide bonds. The molecule has 1 aliphatic rings. The van der Waals surface area contributed by atoms with E-state index in [0.717, 1.165) is 30.9 Å². The van der Waals surface area contributed by atoms with Crippen molar-refractivity contribution in [2.45, 2.75) is 19.8 Å². The lowest BCUT2D eigenvalue weighted by Gasteiger charge is -2.25. The molecule has 1 heterocycles. The van der Waals surface area contributed by atoms with Crippen molar-refractivity contribution < 1.29 is 9.53 Å². The Balaban J connectivity index is 1.66. The lowest BCUT2D eigenvalue weighted by molar-refractivity contribution is -0.116. The first kappa shape index (κ1) is 14.6. The highest BCUT2D eigenvalue weighted by Gasteiger charge is 2.19. The average Bonchev–Trinajstić information content (AvgIpc) is 2.55. The summed E-state index contributed by atoms with van der Waals surface area (Å²) in [7, 11) is 1.79. The van der Waals surface area contributed by atoms with Gasteiger partial charge in [0.15, 0.2) is 0 Å². The molecule has 0 aliphatic carbocycles. The second-order valence-electron chi connectivity index (χ2n) is 5.94. The van der Waals surface area contributed by atoms with Crippen LogP contribution in [0.3, 0.4) is 0 Å². The maximum absolute atomic E-state index is 11.4. The number of amides is 1. The summed E-state index contributed by atoms with van der Waals surface area (Å²) in [5, 5.41) is 0. The number of carbonyl (C=O) groups is 1. The quantitative estimate of drug-likeness (QED) is 0.868. The third-order valence-corrected chi connectivity index (χ3v) is 4.28. The second-order valence-corrected chi connectivity index (χ2v) is 5.94. The molecule has 22 heavy (non-hydrogen) atoms. The van der Waals surface area contributed by atoms with Gasteiger partial charge in [-0.05, 0) is 42.2 Å². The van der Waals surface area contributed by atoms with E-state index in [-0.39, 0.29) is 5.91 Å². The van der Waals surface area contributed by atoms with Crippen molar-refractivity contribution in [2.24, 2.45) is 5.92 Å². The minimum Gasteiger partial charge on any atom is -0.493 e. The Morgan fingerprint density at radius 2 is 1.91 bits per heavy atom. The van der Waals surface area contributed by atoms with Gasteiger partial charge >= 0.3 is 0 Å². The number of fused-ring (bicyclic) bond motifs is 1. The summed E-state index contributed by atoms with van der Waals surface area (Å²) in [6, 6.07) is 16.5. The fraction of sp³-hybridized carbons (Fsp3) is 0.316. The number of nitrogens with zero attached hydrogens (tertiary/aromatic N) is 1. The summed E-state index contributed by atoms with van der Waals surface area (Å²) in [5.74, 6) is 1.58. The van der Waals surface area contributed by atoms with E-state index in [9.17, 15) is 4.79 Å². The van der Waals surface area contributed by atoms with Crippen LogP contribution >= 0.6 is 0 Å². The Kier molecular flexibility index (Phi) is 4.14. The van der Waals surface area contributed by atoms with E-state index in [4.69, 9.17) is 4.74 Å². The summed E-state index contributed by atoms with van der Waals surface area (Å²) in [6.45, 7) is 2.34. The van der Waals surface area contributed by atoms with E-state index in [1.165, 1.54) is 11.1 Å². The van der Waals surface area contributed by atoms with Gasteiger partial charge in [0.2, 0.25) is 5.91 Å². The van der Waals surface area contributed by atoms with Crippen molar-refractivity contribution in [2.75, 3.05) is 18.6 Å². The zero-order chi connectivity index (χ0) is 15.5. The van der Waals surface area contributed by atoms with Crippen LogP contribution in [0.1, 0.15) is 18.1 Å². The first-order valence-corrected chi connectivity index (χ1v) is 7.67. The monoisotopic (exact) mass is 295 g/mol. The summed E-state index contributed by atoms with van der Waals surface area (Å²) in [6.07, 6.45) is 2.06. The van der Waals surface area contributed by atoms with Gasteiger partial charge in [-0.2, -0.15) is 0 Å². The SMILES string of the molecule is CC(=O)N(C)c1ccc(C[C@H]2COc3ccccc3C2)cc1. The molecule has 0 unspecified atom stereocenters. The van der Waals surface area contributed by atoms with Gasteiger partial charge in [0, 0.05) is 25.6 Å². The Labute approximate surface area is 131 Å². The van der Waals surface area contributed by atoms with Crippen molar-refractivity contribution in [1.29, 1.82) is 0 Å². The van der Waals surface area contributed by atoms with Crippen molar-refractivity contribution in [1.82, 2.24) is 0 Å². The van der Waals surface area contributed by atoms with Gasteiger partial charge in [-0.3, -0.25) is 4.79 Å². The molecule has 0 fully saturated rings. The first-order valence-electron chi connectivity index (χ1n) is 7.67. The molecule has 1 aliphatic heterocycles. The van der Waals surface area contributed by atoms with Crippen molar-refractivity contribution >= 4 is 11.6 Å². The molecule has 0 radical (unpaired) electrons. The van der Waals surface area contributed by atoms with Crippen LogP contribution in [0.4, 0.5) is 5.69 Å². The number of hydrogen-bond acceptors (Lipinski definition) is 2. The van der Waals surface area contributed by atoms with Crippen LogP contribution in [0.5, 0.6) is 5.75 Å². The molecule has 3 rings (SSSR count). The van der Waals surface area contributed by atoms with Gasteiger partial charge < -0.3 is 9.64 Å². The predicted molar refractivity (Wildman–Crippen MR) is 88.4 cm³/mol. The van der Waals surface area contributed by atoms with Crippen molar-refractivity contribution in [3.63, 3.8) is 0 Å². The van der Waals surface area contributed by atoms with E-state index < -0.39 is 0 Å². The van der Waals surface area contributed by atoms with Crippen LogP contribution in [0.15, 0.2) is 48.5 Å². The van der Waals surface area contributed by atoms with Gasteiger partial charge in [0.25, 0.3) is 0 Å². The molecular formula is C19H21NO2. The molecule has 2 aromatic rings. The number of para-hydroxylation sites is 1. The number of anilines is 1. The zero-order valence-electron chi connectivity index (χ0n) is 13.1. The van der Waals surface area contributed by atoms with E-state index in [0.29, 0.717) is 5.92 Å². The Hall–Kier alpha value is -2.29. The Morgan fingerprint density at radius 3 is 2.64 bits per heavy atom. The van der Waals surface area contributed by atoms with Crippen LogP contribution in [0.25, 0.3) is 0 Å². The minimum absolute atomic E-state index is 0.0463. The highest BCUT2D eigenvalue weighted by atomic mass is 16.5. The highest BCUT2D eigenvalue weighted by molar-refractivity contribution is 5.90. The van der Waals surface area contributed by atoms with Crippen LogP contribution in [0, 0.1) is 5.92 Å². The Morgan fingerprint density at radius 1 is 1.18 bits per heavy atom. The van der Waals surface area contributed by atoms with E-state index in [1.807, 2.05) is 24.3 Å². The molecule has 0 saturated carbocycles. The maximum Gasteiger partial charge on any atom is 0.223 e. The molecule has 0 spiro atoms. The summed E-state index contributed by atoms with van der Waals surface area (Å²) >= 11 is 0. The minimum atomic E-state index is 0.0463. The number of ether oxygens (including phenoxy) is 1. The van der Waals surface area contributed by atoms with E-state index >= 15 is 0 Å². The number of rotatable bonds is 3. The summed E-state index contributed by atoms with van der Waals surface area (Å²) < 4.78 is 5.85.